The second kappa shape index (κ2) is 6.23. The Morgan fingerprint density at radius 3 is 2.60 bits per heavy atom. The Bertz CT molecular complexity index is 474. The summed E-state index contributed by atoms with van der Waals surface area (Å²) in [5.74, 6) is 2.33. The minimum Gasteiger partial charge on any atom is -0.490 e. The average Bonchev–Trinajstić information content (AvgIpc) is 3.26. The maximum atomic E-state index is 6.48. The fraction of sp³-hybridized carbons (Fsp3) is 0.625. The van der Waals surface area contributed by atoms with Gasteiger partial charge in [-0.3, -0.25) is 0 Å². The zero-order valence-electron chi connectivity index (χ0n) is 12.0. The lowest BCUT2D eigenvalue weighted by Gasteiger charge is -2.21. The molecule has 1 aromatic carbocycles. The van der Waals surface area contributed by atoms with Crippen LogP contribution in [0.15, 0.2) is 12.1 Å². The first kappa shape index (κ1) is 14.0. The van der Waals surface area contributed by atoms with Crippen molar-refractivity contribution in [3.05, 3.63) is 22.7 Å². The van der Waals surface area contributed by atoms with Crippen molar-refractivity contribution in [2.45, 2.75) is 38.6 Å². The van der Waals surface area contributed by atoms with E-state index in [0.717, 1.165) is 41.5 Å². The number of rotatable bonds is 5. The van der Waals surface area contributed by atoms with E-state index in [0.29, 0.717) is 25.2 Å². The van der Waals surface area contributed by atoms with Crippen molar-refractivity contribution in [2.75, 3.05) is 19.8 Å². The summed E-state index contributed by atoms with van der Waals surface area (Å²) in [5, 5.41) is 4.42. The zero-order valence-corrected chi connectivity index (χ0v) is 12.7. The van der Waals surface area contributed by atoms with E-state index in [1.807, 2.05) is 6.07 Å². The van der Waals surface area contributed by atoms with Crippen molar-refractivity contribution in [3.63, 3.8) is 0 Å². The molecule has 110 valence electrons. The molecule has 0 radical (unpaired) electrons. The lowest BCUT2D eigenvalue weighted by molar-refractivity contribution is 0.297. The summed E-state index contributed by atoms with van der Waals surface area (Å²) in [6.45, 7) is 4.62. The van der Waals surface area contributed by atoms with Gasteiger partial charge in [0.1, 0.15) is 0 Å². The van der Waals surface area contributed by atoms with E-state index < -0.39 is 0 Å². The molecule has 1 unspecified atom stereocenters. The van der Waals surface area contributed by atoms with Gasteiger partial charge in [0.05, 0.1) is 13.2 Å². The molecule has 1 aliphatic carbocycles. The van der Waals surface area contributed by atoms with Crippen LogP contribution < -0.4 is 14.8 Å². The van der Waals surface area contributed by atoms with Gasteiger partial charge in [0.25, 0.3) is 0 Å². The summed E-state index contributed by atoms with van der Waals surface area (Å²) in [5.41, 5.74) is 1.16. The first-order valence-corrected chi connectivity index (χ1v) is 8.00. The number of hydrogen-bond donors (Lipinski definition) is 1. The van der Waals surface area contributed by atoms with E-state index in [1.54, 1.807) is 0 Å². The van der Waals surface area contributed by atoms with E-state index in [4.69, 9.17) is 21.1 Å². The molecule has 1 fully saturated rings. The van der Waals surface area contributed by atoms with Crippen LogP contribution in [0.3, 0.4) is 0 Å². The first-order chi connectivity index (χ1) is 9.79. The van der Waals surface area contributed by atoms with Crippen LogP contribution >= 0.6 is 11.6 Å². The van der Waals surface area contributed by atoms with E-state index in [-0.39, 0.29) is 0 Å². The number of nitrogens with one attached hydrogen (secondary N) is 1. The minimum atomic E-state index is 0.347. The van der Waals surface area contributed by atoms with Crippen molar-refractivity contribution in [1.29, 1.82) is 0 Å². The van der Waals surface area contributed by atoms with Gasteiger partial charge >= 0.3 is 0 Å². The van der Waals surface area contributed by atoms with E-state index in [9.17, 15) is 0 Å². The lowest BCUT2D eigenvalue weighted by Crippen LogP contribution is -2.24. The predicted molar refractivity (Wildman–Crippen MR) is 80.8 cm³/mol. The molecule has 0 bridgehead atoms. The number of ether oxygens (including phenoxy) is 2. The highest BCUT2D eigenvalue weighted by molar-refractivity contribution is 6.31. The summed E-state index contributed by atoms with van der Waals surface area (Å²) < 4.78 is 11.5. The highest BCUT2D eigenvalue weighted by atomic mass is 35.5. The van der Waals surface area contributed by atoms with Gasteiger partial charge in [-0.15, -0.1) is 0 Å². The fourth-order valence-electron chi connectivity index (χ4n) is 2.70. The molecule has 0 saturated heterocycles. The second-order valence-electron chi connectivity index (χ2n) is 5.64. The Hall–Kier alpha value is -0.930. The number of halogens is 1. The Morgan fingerprint density at radius 1 is 1.25 bits per heavy atom. The van der Waals surface area contributed by atoms with E-state index in [1.165, 1.54) is 12.8 Å². The summed E-state index contributed by atoms with van der Waals surface area (Å²) in [6.07, 6.45) is 4.62. The molecule has 0 amide bonds. The summed E-state index contributed by atoms with van der Waals surface area (Å²) in [6, 6.07) is 4.34. The molecule has 4 heteroatoms. The van der Waals surface area contributed by atoms with Crippen LogP contribution in [-0.4, -0.2) is 19.8 Å². The van der Waals surface area contributed by atoms with E-state index in [2.05, 4.69) is 18.3 Å². The molecule has 1 aliphatic heterocycles. The zero-order chi connectivity index (χ0) is 13.9. The molecule has 0 spiro atoms. The largest absolute Gasteiger partial charge is 0.490 e. The van der Waals surface area contributed by atoms with E-state index >= 15 is 0 Å². The van der Waals surface area contributed by atoms with Crippen LogP contribution in [0.2, 0.25) is 5.02 Å². The summed E-state index contributed by atoms with van der Waals surface area (Å²) in [7, 11) is 0. The Morgan fingerprint density at radius 2 is 1.95 bits per heavy atom. The van der Waals surface area contributed by atoms with Gasteiger partial charge < -0.3 is 14.8 Å². The molecule has 3 rings (SSSR count). The summed E-state index contributed by atoms with van der Waals surface area (Å²) in [4.78, 5) is 0. The van der Waals surface area contributed by atoms with Crippen molar-refractivity contribution >= 4 is 11.6 Å². The third kappa shape index (κ3) is 3.04. The van der Waals surface area contributed by atoms with Gasteiger partial charge in [-0.05, 0) is 43.4 Å². The topological polar surface area (TPSA) is 30.5 Å². The highest BCUT2D eigenvalue weighted by Gasteiger charge is 2.33. The van der Waals surface area contributed by atoms with Crippen LogP contribution in [-0.2, 0) is 0 Å². The first-order valence-electron chi connectivity index (χ1n) is 7.62. The molecule has 1 N–H and O–H groups in total. The molecule has 1 atom stereocenters. The number of benzene rings is 1. The van der Waals surface area contributed by atoms with Crippen LogP contribution in [0.1, 0.15) is 44.2 Å². The maximum absolute atomic E-state index is 6.48. The van der Waals surface area contributed by atoms with Crippen molar-refractivity contribution in [3.8, 4) is 11.5 Å². The smallest absolute Gasteiger partial charge is 0.162 e. The predicted octanol–water partition coefficient (Wildman–Crippen LogP) is 3.95. The monoisotopic (exact) mass is 295 g/mol. The SMILES string of the molecule is CCCNC(c1cc2c(cc1Cl)OCCCO2)C1CC1. The lowest BCUT2D eigenvalue weighted by atomic mass is 10.0. The van der Waals surface area contributed by atoms with Gasteiger partial charge in [-0.25, -0.2) is 0 Å². The highest BCUT2D eigenvalue weighted by Crippen LogP contribution is 2.45. The van der Waals surface area contributed by atoms with Crippen molar-refractivity contribution in [1.82, 2.24) is 5.32 Å². The van der Waals surface area contributed by atoms with Crippen molar-refractivity contribution in [2.24, 2.45) is 5.92 Å². The quantitative estimate of drug-likeness (QED) is 0.892. The Balaban J connectivity index is 1.89. The maximum Gasteiger partial charge on any atom is 0.162 e. The molecule has 2 aliphatic rings. The van der Waals surface area contributed by atoms with Crippen molar-refractivity contribution < 1.29 is 9.47 Å². The fourth-order valence-corrected chi connectivity index (χ4v) is 2.97. The Labute approximate surface area is 125 Å². The summed E-state index contributed by atoms with van der Waals surface area (Å²) >= 11 is 6.48. The second-order valence-corrected chi connectivity index (χ2v) is 6.05. The number of fused-ring (bicyclic) bond motifs is 1. The minimum absolute atomic E-state index is 0.347. The van der Waals surface area contributed by atoms with Gasteiger partial charge in [0.2, 0.25) is 0 Å². The average molecular weight is 296 g/mol. The molecule has 0 aromatic heterocycles. The molecular formula is C16H22ClNO2. The molecular weight excluding hydrogens is 274 g/mol. The molecule has 3 nitrogen and oxygen atoms in total. The van der Waals surface area contributed by atoms with Crippen LogP contribution in [0.5, 0.6) is 11.5 Å². The molecule has 20 heavy (non-hydrogen) atoms. The standard InChI is InChI=1S/C16H22ClNO2/c1-2-6-18-16(11-4-5-11)12-9-14-15(10-13(12)17)20-8-3-7-19-14/h9-11,16,18H,2-8H2,1H3. The Kier molecular flexibility index (Phi) is 4.37. The number of hydrogen-bond acceptors (Lipinski definition) is 3. The third-order valence-electron chi connectivity index (χ3n) is 3.91. The van der Waals surface area contributed by atoms with Crippen LogP contribution in [0, 0.1) is 5.92 Å². The van der Waals surface area contributed by atoms with Gasteiger partial charge in [-0.1, -0.05) is 18.5 Å². The third-order valence-corrected chi connectivity index (χ3v) is 4.24. The molecule has 1 heterocycles. The van der Waals surface area contributed by atoms with Gasteiger partial charge in [-0.2, -0.15) is 0 Å². The van der Waals surface area contributed by atoms with Gasteiger partial charge in [0.15, 0.2) is 11.5 Å². The molecule has 1 saturated carbocycles. The van der Waals surface area contributed by atoms with Crippen LogP contribution in [0.25, 0.3) is 0 Å². The van der Waals surface area contributed by atoms with Gasteiger partial charge in [0, 0.05) is 23.6 Å². The normalized spacial score (nSPS) is 19.5. The van der Waals surface area contributed by atoms with Crippen LogP contribution in [0.4, 0.5) is 0 Å². The molecule has 1 aromatic rings.